The first-order valence-corrected chi connectivity index (χ1v) is 7.55. The van der Waals surface area contributed by atoms with E-state index in [4.69, 9.17) is 4.74 Å². The van der Waals surface area contributed by atoms with Crippen LogP contribution >= 0.6 is 0 Å². The van der Waals surface area contributed by atoms with E-state index in [0.29, 0.717) is 18.2 Å². The smallest absolute Gasteiger partial charge is 0.303 e. The van der Waals surface area contributed by atoms with E-state index < -0.39 is 0 Å². The number of hydrogen-bond donors (Lipinski definition) is 0. The zero-order chi connectivity index (χ0) is 14.9. The average Bonchev–Trinajstić information content (AvgIpc) is 2.48. The van der Waals surface area contributed by atoms with Crippen molar-refractivity contribution in [2.24, 2.45) is 5.92 Å². The highest BCUT2D eigenvalue weighted by atomic mass is 16.5. The number of aromatic nitrogens is 1. The summed E-state index contributed by atoms with van der Waals surface area (Å²) in [6.07, 6.45) is 3.69. The molecule has 3 aliphatic heterocycles. The molecule has 4 rings (SSSR count). The number of ketones is 1. The topological polar surface area (TPSA) is 56.3 Å². The molecular formula is C16H21N2O3+. The molecule has 0 aromatic carbocycles. The summed E-state index contributed by atoms with van der Waals surface area (Å²) in [4.78, 5) is 27.8. The molecule has 0 radical (unpaired) electrons. The highest BCUT2D eigenvalue weighted by Crippen LogP contribution is 2.35. The summed E-state index contributed by atoms with van der Waals surface area (Å²) in [6, 6.07) is 5.41. The van der Waals surface area contributed by atoms with Gasteiger partial charge in [-0.2, -0.15) is 0 Å². The van der Waals surface area contributed by atoms with Crippen LogP contribution in [0.5, 0.6) is 0 Å². The molecule has 3 fully saturated rings. The minimum Gasteiger partial charge on any atom is -0.456 e. The number of carbonyl (C=O) groups is 2. The normalized spacial score (nSPS) is 30.9. The number of hydrogen-bond acceptors (Lipinski definition) is 4. The van der Waals surface area contributed by atoms with Gasteiger partial charge in [-0.05, 0) is 12.1 Å². The average molecular weight is 289 g/mol. The lowest BCUT2D eigenvalue weighted by Gasteiger charge is -2.51. The van der Waals surface area contributed by atoms with Gasteiger partial charge in [0, 0.05) is 31.9 Å². The van der Waals surface area contributed by atoms with Gasteiger partial charge in [0.2, 0.25) is 5.78 Å². The Hall–Kier alpha value is -1.75. The third kappa shape index (κ3) is 2.97. The predicted molar refractivity (Wildman–Crippen MR) is 76.6 cm³/mol. The van der Waals surface area contributed by atoms with Gasteiger partial charge in [-0.1, -0.05) is 6.07 Å². The van der Waals surface area contributed by atoms with Gasteiger partial charge in [-0.25, -0.2) is 0 Å². The monoisotopic (exact) mass is 289 g/mol. The molecule has 1 aromatic heterocycles. The third-order valence-electron chi connectivity index (χ3n) is 4.79. The lowest BCUT2D eigenvalue weighted by molar-refractivity contribution is -0.938. The lowest BCUT2D eigenvalue weighted by Crippen LogP contribution is -2.65. The van der Waals surface area contributed by atoms with Crippen LogP contribution in [-0.4, -0.2) is 53.5 Å². The predicted octanol–water partition coefficient (Wildman–Crippen LogP) is 1.44. The van der Waals surface area contributed by atoms with E-state index in [9.17, 15) is 9.59 Å². The highest BCUT2D eigenvalue weighted by molar-refractivity contribution is 5.95. The van der Waals surface area contributed by atoms with E-state index in [1.54, 1.807) is 12.3 Å². The van der Waals surface area contributed by atoms with Crippen molar-refractivity contribution in [2.45, 2.75) is 25.9 Å². The van der Waals surface area contributed by atoms with Crippen LogP contribution in [0.4, 0.5) is 0 Å². The molecule has 21 heavy (non-hydrogen) atoms. The van der Waals surface area contributed by atoms with Gasteiger partial charge < -0.3 is 9.22 Å². The molecule has 1 aromatic rings. The van der Waals surface area contributed by atoms with Crippen molar-refractivity contribution in [3.63, 3.8) is 0 Å². The summed E-state index contributed by atoms with van der Waals surface area (Å²) < 4.78 is 6.20. The summed E-state index contributed by atoms with van der Waals surface area (Å²) in [5.74, 6) is 0.333. The first kappa shape index (κ1) is 14.2. The SMILES string of the molecule is CC(=O)O[C@H]1C[N+]2(CC(=O)c3ccccn3)CCC1CC2. The fourth-order valence-corrected chi connectivity index (χ4v) is 3.70. The summed E-state index contributed by atoms with van der Waals surface area (Å²) in [5.41, 5.74) is 0.529. The van der Waals surface area contributed by atoms with Crippen molar-refractivity contribution >= 4 is 11.8 Å². The fourth-order valence-electron chi connectivity index (χ4n) is 3.70. The molecule has 0 saturated carbocycles. The van der Waals surface area contributed by atoms with Crippen LogP contribution in [0.1, 0.15) is 30.3 Å². The zero-order valence-corrected chi connectivity index (χ0v) is 12.3. The van der Waals surface area contributed by atoms with Gasteiger partial charge in [-0.15, -0.1) is 0 Å². The molecule has 0 N–H and O–H groups in total. The molecule has 4 heterocycles. The number of fused-ring (bicyclic) bond motifs is 3. The number of esters is 1. The molecule has 0 unspecified atom stereocenters. The number of nitrogens with zero attached hydrogens (tertiary/aromatic N) is 2. The molecule has 3 saturated heterocycles. The Morgan fingerprint density at radius 2 is 2.10 bits per heavy atom. The number of ether oxygens (including phenoxy) is 1. The molecule has 0 spiro atoms. The van der Waals surface area contributed by atoms with Crippen LogP contribution in [0.2, 0.25) is 0 Å². The van der Waals surface area contributed by atoms with E-state index in [0.717, 1.165) is 37.0 Å². The van der Waals surface area contributed by atoms with Crippen LogP contribution in [0.3, 0.4) is 0 Å². The van der Waals surface area contributed by atoms with Gasteiger partial charge >= 0.3 is 5.97 Å². The van der Waals surface area contributed by atoms with E-state index in [-0.39, 0.29) is 17.9 Å². The molecule has 0 aliphatic carbocycles. The summed E-state index contributed by atoms with van der Waals surface area (Å²) in [5, 5.41) is 0. The van der Waals surface area contributed by atoms with E-state index in [1.807, 2.05) is 12.1 Å². The number of carbonyl (C=O) groups excluding carboxylic acids is 2. The largest absolute Gasteiger partial charge is 0.456 e. The van der Waals surface area contributed by atoms with Crippen LogP contribution in [0, 0.1) is 5.92 Å². The van der Waals surface area contributed by atoms with E-state index >= 15 is 0 Å². The van der Waals surface area contributed by atoms with Crippen molar-refractivity contribution in [1.82, 2.24) is 4.98 Å². The summed E-state index contributed by atoms with van der Waals surface area (Å²) >= 11 is 0. The second kappa shape index (κ2) is 5.56. The summed E-state index contributed by atoms with van der Waals surface area (Å²) in [6.45, 7) is 4.69. The fraction of sp³-hybridized carbons (Fsp3) is 0.562. The maximum Gasteiger partial charge on any atom is 0.303 e. The van der Waals surface area contributed by atoms with E-state index in [1.165, 1.54) is 6.92 Å². The maximum atomic E-state index is 12.4. The molecule has 3 aliphatic rings. The van der Waals surface area contributed by atoms with Gasteiger partial charge in [0.15, 0.2) is 6.10 Å². The van der Waals surface area contributed by atoms with Crippen LogP contribution < -0.4 is 0 Å². The Morgan fingerprint density at radius 1 is 1.33 bits per heavy atom. The molecule has 112 valence electrons. The Bertz CT molecular complexity index is 536. The van der Waals surface area contributed by atoms with Gasteiger partial charge in [0.05, 0.1) is 13.1 Å². The van der Waals surface area contributed by atoms with Crippen molar-refractivity contribution in [3.05, 3.63) is 30.1 Å². The number of quaternary nitrogens is 1. The highest BCUT2D eigenvalue weighted by Gasteiger charge is 2.48. The first-order chi connectivity index (χ1) is 10.1. The minimum atomic E-state index is -0.219. The first-order valence-electron chi connectivity index (χ1n) is 7.55. The van der Waals surface area contributed by atoms with Gasteiger partial charge in [0.25, 0.3) is 0 Å². The minimum absolute atomic E-state index is 0.0264. The second-order valence-corrected chi connectivity index (χ2v) is 6.25. The van der Waals surface area contributed by atoms with Crippen molar-refractivity contribution in [2.75, 3.05) is 26.2 Å². The van der Waals surface area contributed by atoms with Crippen molar-refractivity contribution in [1.29, 1.82) is 0 Å². The number of Topliss-reactive ketones (excluding diaryl/α,β-unsaturated/α-hetero) is 1. The number of piperidine rings is 3. The quantitative estimate of drug-likeness (QED) is 0.478. The Morgan fingerprint density at radius 3 is 2.71 bits per heavy atom. The van der Waals surface area contributed by atoms with Crippen molar-refractivity contribution in [3.8, 4) is 0 Å². The molecule has 5 nitrogen and oxygen atoms in total. The molecule has 5 heteroatoms. The van der Waals surface area contributed by atoms with Gasteiger partial charge in [-0.3, -0.25) is 14.6 Å². The number of pyridine rings is 1. The maximum absolute atomic E-state index is 12.4. The Labute approximate surface area is 124 Å². The standard InChI is InChI=1S/C16H21N2O3/c1-12(19)21-16-11-18(8-5-13(16)6-9-18)10-15(20)14-4-2-3-7-17-14/h2-4,7,13,16H,5-6,8-11H2,1H3/q+1/t13?,16-,18?/m0/s1. The summed E-state index contributed by atoms with van der Waals surface area (Å²) in [7, 11) is 0. The van der Waals surface area contributed by atoms with Crippen molar-refractivity contribution < 1.29 is 18.8 Å². The molecule has 1 atom stereocenters. The second-order valence-electron chi connectivity index (χ2n) is 6.25. The Kier molecular flexibility index (Phi) is 3.76. The molecular weight excluding hydrogens is 268 g/mol. The Balaban J connectivity index is 1.72. The third-order valence-corrected chi connectivity index (χ3v) is 4.79. The molecule has 2 bridgehead atoms. The van der Waals surface area contributed by atoms with E-state index in [2.05, 4.69) is 4.98 Å². The van der Waals surface area contributed by atoms with Crippen LogP contribution in [-0.2, 0) is 9.53 Å². The van der Waals surface area contributed by atoms with Gasteiger partial charge in [0.1, 0.15) is 18.8 Å². The lowest BCUT2D eigenvalue weighted by atomic mass is 9.83. The zero-order valence-electron chi connectivity index (χ0n) is 12.3. The number of rotatable bonds is 4. The molecule has 0 amide bonds. The van der Waals surface area contributed by atoms with Crippen LogP contribution in [0.15, 0.2) is 24.4 Å². The van der Waals surface area contributed by atoms with Crippen LogP contribution in [0.25, 0.3) is 0 Å².